The number of hydrogen-bond acceptors (Lipinski definition) is 3. The molecule has 0 bridgehead atoms. The van der Waals surface area contributed by atoms with Crippen LogP contribution in [0.3, 0.4) is 0 Å². The molecule has 152 valence electrons. The zero-order valence-corrected chi connectivity index (χ0v) is 15.5. The van der Waals surface area contributed by atoms with Gasteiger partial charge in [0.2, 0.25) is 0 Å². The standard InChI is InChI=1S/C23H16F4N2O/c24-16-10-7-15(8-11-16)20(29-19-6-2-1-5-18(19)23(25,26)27)17-12-9-14-4-3-13-28-21(14)22(17)30/h1-13,20,29-30H. The van der Waals surface area contributed by atoms with Gasteiger partial charge in [0.05, 0.1) is 11.6 Å². The summed E-state index contributed by atoms with van der Waals surface area (Å²) in [6.07, 6.45) is -3.05. The molecule has 0 aliphatic heterocycles. The topological polar surface area (TPSA) is 45.1 Å². The number of rotatable bonds is 4. The number of fused-ring (bicyclic) bond motifs is 1. The Labute approximate surface area is 169 Å². The molecule has 0 saturated heterocycles. The number of anilines is 1. The predicted molar refractivity (Wildman–Crippen MR) is 107 cm³/mol. The number of phenolic OH excluding ortho intramolecular Hbond substituents is 1. The third kappa shape index (κ3) is 3.78. The minimum atomic E-state index is -4.57. The van der Waals surface area contributed by atoms with E-state index in [0.717, 1.165) is 6.07 Å². The van der Waals surface area contributed by atoms with Crippen LogP contribution >= 0.6 is 0 Å². The molecule has 0 amide bonds. The normalized spacial score (nSPS) is 12.7. The average Bonchev–Trinajstić information content (AvgIpc) is 2.73. The first kappa shape index (κ1) is 19.7. The lowest BCUT2D eigenvalue weighted by Crippen LogP contribution is -2.17. The minimum Gasteiger partial charge on any atom is -0.505 e. The number of alkyl halides is 3. The van der Waals surface area contributed by atoms with Crippen LogP contribution in [0, 0.1) is 5.82 Å². The third-order valence-corrected chi connectivity index (χ3v) is 4.83. The van der Waals surface area contributed by atoms with Crippen molar-refractivity contribution in [2.75, 3.05) is 5.32 Å². The maximum absolute atomic E-state index is 13.5. The zero-order valence-electron chi connectivity index (χ0n) is 15.5. The highest BCUT2D eigenvalue weighted by Gasteiger charge is 2.34. The van der Waals surface area contributed by atoms with E-state index >= 15 is 0 Å². The van der Waals surface area contributed by atoms with Crippen molar-refractivity contribution in [3.8, 4) is 5.75 Å². The van der Waals surface area contributed by atoms with E-state index in [-0.39, 0.29) is 11.4 Å². The fraction of sp³-hybridized carbons (Fsp3) is 0.0870. The summed E-state index contributed by atoms with van der Waals surface area (Å²) in [6, 6.07) is 16.4. The van der Waals surface area contributed by atoms with Gasteiger partial charge >= 0.3 is 6.18 Å². The predicted octanol–water partition coefficient (Wildman–Crippen LogP) is 6.30. The number of para-hydroxylation sites is 1. The molecule has 1 unspecified atom stereocenters. The van der Waals surface area contributed by atoms with Crippen molar-refractivity contribution >= 4 is 16.6 Å². The van der Waals surface area contributed by atoms with Crippen molar-refractivity contribution in [3.05, 3.63) is 102 Å². The minimum absolute atomic E-state index is 0.153. The molecule has 1 aromatic heterocycles. The molecule has 30 heavy (non-hydrogen) atoms. The summed E-state index contributed by atoms with van der Waals surface area (Å²) in [5, 5.41) is 14.4. The summed E-state index contributed by atoms with van der Waals surface area (Å²) in [5.74, 6) is -0.628. The smallest absolute Gasteiger partial charge is 0.418 e. The van der Waals surface area contributed by atoms with Gasteiger partial charge in [-0.1, -0.05) is 42.5 Å². The molecule has 1 heterocycles. The van der Waals surface area contributed by atoms with E-state index in [0.29, 0.717) is 22.0 Å². The summed E-state index contributed by atoms with van der Waals surface area (Å²) in [6.45, 7) is 0. The molecule has 0 radical (unpaired) electrons. The third-order valence-electron chi connectivity index (χ3n) is 4.83. The second-order valence-electron chi connectivity index (χ2n) is 6.75. The number of nitrogens with one attached hydrogen (secondary N) is 1. The molecule has 1 atom stereocenters. The number of aromatic nitrogens is 1. The molecule has 4 aromatic rings. The second kappa shape index (κ2) is 7.67. The van der Waals surface area contributed by atoms with Gasteiger partial charge in [-0.05, 0) is 35.9 Å². The molecule has 0 fully saturated rings. The van der Waals surface area contributed by atoms with Gasteiger partial charge in [-0.15, -0.1) is 0 Å². The first-order valence-electron chi connectivity index (χ1n) is 9.09. The van der Waals surface area contributed by atoms with Gasteiger partial charge in [-0.25, -0.2) is 4.39 Å². The van der Waals surface area contributed by atoms with E-state index in [4.69, 9.17) is 0 Å². The highest BCUT2D eigenvalue weighted by atomic mass is 19.4. The summed E-state index contributed by atoms with van der Waals surface area (Å²) in [5.41, 5.74) is 0.145. The Kier molecular flexibility index (Phi) is 5.03. The van der Waals surface area contributed by atoms with Crippen molar-refractivity contribution in [2.45, 2.75) is 12.2 Å². The van der Waals surface area contributed by atoms with Gasteiger partial charge in [0.1, 0.15) is 17.1 Å². The van der Waals surface area contributed by atoms with Crippen molar-refractivity contribution in [2.24, 2.45) is 0 Å². The van der Waals surface area contributed by atoms with Crippen LogP contribution in [0.15, 0.2) is 79.0 Å². The Bertz CT molecular complexity index is 1190. The molecular weight excluding hydrogens is 396 g/mol. The summed E-state index contributed by atoms with van der Waals surface area (Å²) in [7, 11) is 0. The number of nitrogens with zero attached hydrogens (tertiary/aromatic N) is 1. The van der Waals surface area contributed by atoms with E-state index < -0.39 is 23.6 Å². The Morgan fingerprint density at radius 1 is 0.867 bits per heavy atom. The number of halogens is 4. The van der Waals surface area contributed by atoms with E-state index in [1.54, 1.807) is 24.3 Å². The Morgan fingerprint density at radius 2 is 1.60 bits per heavy atom. The quantitative estimate of drug-likeness (QED) is 0.387. The van der Waals surface area contributed by atoms with E-state index in [1.165, 1.54) is 48.7 Å². The Morgan fingerprint density at radius 3 is 2.33 bits per heavy atom. The molecule has 4 rings (SSSR count). The average molecular weight is 412 g/mol. The number of aromatic hydroxyl groups is 1. The number of hydrogen-bond donors (Lipinski definition) is 2. The van der Waals surface area contributed by atoms with Gasteiger partial charge in [-0.3, -0.25) is 4.98 Å². The molecular formula is C23H16F4N2O. The highest BCUT2D eigenvalue weighted by molar-refractivity contribution is 5.86. The summed E-state index contributed by atoms with van der Waals surface area (Å²) >= 11 is 0. The zero-order chi connectivity index (χ0) is 21.3. The van der Waals surface area contributed by atoms with Gasteiger partial charge in [0.25, 0.3) is 0 Å². The maximum atomic E-state index is 13.5. The molecule has 2 N–H and O–H groups in total. The van der Waals surface area contributed by atoms with E-state index in [9.17, 15) is 22.7 Å². The molecule has 0 aliphatic carbocycles. The van der Waals surface area contributed by atoms with Crippen LogP contribution in [-0.2, 0) is 6.18 Å². The van der Waals surface area contributed by atoms with Crippen LogP contribution in [0.5, 0.6) is 5.75 Å². The number of pyridine rings is 1. The van der Waals surface area contributed by atoms with Crippen LogP contribution in [0.1, 0.15) is 22.7 Å². The molecule has 0 saturated carbocycles. The van der Waals surface area contributed by atoms with Gasteiger partial charge in [-0.2, -0.15) is 13.2 Å². The fourth-order valence-electron chi connectivity index (χ4n) is 3.39. The monoisotopic (exact) mass is 412 g/mol. The summed E-state index contributed by atoms with van der Waals surface area (Å²) in [4.78, 5) is 4.18. The largest absolute Gasteiger partial charge is 0.505 e. The van der Waals surface area contributed by atoms with Crippen molar-refractivity contribution in [1.82, 2.24) is 4.98 Å². The fourth-order valence-corrected chi connectivity index (χ4v) is 3.39. The molecule has 0 aliphatic rings. The van der Waals surface area contributed by atoms with Gasteiger partial charge in [0, 0.05) is 22.8 Å². The number of phenols is 1. The number of benzene rings is 3. The van der Waals surface area contributed by atoms with Crippen LogP contribution in [0.25, 0.3) is 10.9 Å². The maximum Gasteiger partial charge on any atom is 0.418 e. The SMILES string of the molecule is Oc1c(C(Nc2ccccc2C(F)(F)F)c2ccc(F)cc2)ccc2cccnc12. The van der Waals surface area contributed by atoms with Crippen LogP contribution in [0.2, 0.25) is 0 Å². The van der Waals surface area contributed by atoms with Crippen LogP contribution in [-0.4, -0.2) is 10.1 Å². The van der Waals surface area contributed by atoms with Crippen molar-refractivity contribution < 1.29 is 22.7 Å². The molecule has 3 aromatic carbocycles. The Balaban J connectivity index is 1.87. The van der Waals surface area contributed by atoms with Gasteiger partial charge in [0.15, 0.2) is 0 Å². The lowest BCUT2D eigenvalue weighted by Gasteiger charge is -2.24. The van der Waals surface area contributed by atoms with Crippen LogP contribution in [0.4, 0.5) is 23.2 Å². The summed E-state index contributed by atoms with van der Waals surface area (Å²) < 4.78 is 53.9. The van der Waals surface area contributed by atoms with Crippen molar-refractivity contribution in [1.29, 1.82) is 0 Å². The van der Waals surface area contributed by atoms with Gasteiger partial charge < -0.3 is 10.4 Å². The highest BCUT2D eigenvalue weighted by Crippen LogP contribution is 2.40. The van der Waals surface area contributed by atoms with E-state index in [2.05, 4.69) is 10.3 Å². The molecule has 3 nitrogen and oxygen atoms in total. The molecule has 7 heteroatoms. The first-order chi connectivity index (χ1) is 14.3. The van der Waals surface area contributed by atoms with Crippen molar-refractivity contribution in [3.63, 3.8) is 0 Å². The Hall–Kier alpha value is -3.61. The lowest BCUT2D eigenvalue weighted by atomic mass is 9.95. The van der Waals surface area contributed by atoms with Crippen LogP contribution < -0.4 is 5.32 Å². The second-order valence-corrected chi connectivity index (χ2v) is 6.75. The lowest BCUT2D eigenvalue weighted by molar-refractivity contribution is -0.137. The molecule has 0 spiro atoms. The van der Waals surface area contributed by atoms with E-state index in [1.807, 2.05) is 0 Å². The first-order valence-corrected chi connectivity index (χ1v) is 9.09.